The van der Waals surface area contributed by atoms with Crippen LogP contribution in [0.4, 0.5) is 5.69 Å². The lowest BCUT2D eigenvalue weighted by molar-refractivity contribution is -0.121. The van der Waals surface area contributed by atoms with Crippen molar-refractivity contribution in [2.24, 2.45) is 0 Å². The maximum atomic E-state index is 12.1. The quantitative estimate of drug-likeness (QED) is 0.458. The molecule has 3 aromatic rings. The monoisotopic (exact) mass is 438 g/mol. The maximum Gasteiger partial charge on any atom is 0.250 e. The third kappa shape index (κ3) is 5.75. The first-order valence-electron chi connectivity index (χ1n) is 10.5. The third-order valence-corrected chi connectivity index (χ3v) is 5.00. The molecule has 0 aliphatic heterocycles. The summed E-state index contributed by atoms with van der Waals surface area (Å²) in [4.78, 5) is 12.1. The van der Waals surface area contributed by atoms with E-state index in [1.165, 1.54) is 0 Å². The summed E-state index contributed by atoms with van der Waals surface area (Å²) in [5.41, 5.74) is 6.44. The second kappa shape index (κ2) is 10.4. The number of amides is 1. The van der Waals surface area contributed by atoms with Crippen molar-refractivity contribution in [2.45, 2.75) is 34.6 Å². The Morgan fingerprint density at radius 2 is 1.72 bits per heavy atom. The van der Waals surface area contributed by atoms with Gasteiger partial charge >= 0.3 is 0 Å². The highest BCUT2D eigenvalue weighted by Crippen LogP contribution is 2.35. The number of carbonyl (C=O) groups is 1. The molecule has 1 N–H and O–H groups in total. The molecule has 32 heavy (non-hydrogen) atoms. The molecule has 0 aliphatic rings. The lowest BCUT2D eigenvalue weighted by Crippen LogP contribution is -2.19. The number of ether oxygens (including phenoxy) is 3. The van der Waals surface area contributed by atoms with Gasteiger partial charge < -0.3 is 24.1 Å². The van der Waals surface area contributed by atoms with Gasteiger partial charge in [-0.25, -0.2) is 0 Å². The van der Waals surface area contributed by atoms with Crippen molar-refractivity contribution >= 4 is 11.6 Å². The summed E-state index contributed by atoms with van der Waals surface area (Å²) in [5.74, 6) is 2.05. The van der Waals surface area contributed by atoms with E-state index in [9.17, 15) is 4.79 Å². The van der Waals surface area contributed by atoms with E-state index in [-0.39, 0.29) is 12.5 Å². The van der Waals surface area contributed by atoms with Crippen LogP contribution in [0.5, 0.6) is 11.5 Å². The first-order valence-corrected chi connectivity index (χ1v) is 10.5. The fourth-order valence-corrected chi connectivity index (χ4v) is 3.65. The van der Waals surface area contributed by atoms with Crippen molar-refractivity contribution < 1.29 is 23.5 Å². The van der Waals surface area contributed by atoms with E-state index < -0.39 is 0 Å². The topological polar surface area (TPSA) is 82.8 Å². The molecular weight excluding hydrogens is 408 g/mol. The molecule has 0 saturated carbocycles. The molecule has 0 atom stereocenters. The van der Waals surface area contributed by atoms with E-state index >= 15 is 0 Å². The average Bonchev–Trinajstić information content (AvgIpc) is 3.06. The molecule has 0 fully saturated rings. The summed E-state index contributed by atoms with van der Waals surface area (Å²) >= 11 is 0. The van der Waals surface area contributed by atoms with Crippen LogP contribution < -0.4 is 10.1 Å². The zero-order valence-electron chi connectivity index (χ0n) is 19.5. The SMILES string of the molecule is COCCOCC(=O)Nc1cc(C)c(Oc2cc(C)cc(-c3c(C)noc3C)c2)c(C)c1. The predicted molar refractivity (Wildman–Crippen MR) is 123 cm³/mol. The minimum atomic E-state index is -0.212. The van der Waals surface area contributed by atoms with Crippen LogP contribution in [-0.4, -0.2) is 38.0 Å². The minimum absolute atomic E-state index is 0.0204. The van der Waals surface area contributed by atoms with Crippen molar-refractivity contribution in [3.8, 4) is 22.6 Å². The summed E-state index contributed by atoms with van der Waals surface area (Å²) in [6.07, 6.45) is 0. The van der Waals surface area contributed by atoms with Gasteiger partial charge in [0, 0.05) is 18.4 Å². The van der Waals surface area contributed by atoms with Gasteiger partial charge in [0.2, 0.25) is 5.91 Å². The fraction of sp³-hybridized carbons (Fsp3) is 0.360. The van der Waals surface area contributed by atoms with Gasteiger partial charge in [-0.1, -0.05) is 11.2 Å². The van der Waals surface area contributed by atoms with Gasteiger partial charge in [0.25, 0.3) is 0 Å². The lowest BCUT2D eigenvalue weighted by atomic mass is 10.0. The van der Waals surface area contributed by atoms with Gasteiger partial charge in [-0.2, -0.15) is 0 Å². The highest BCUT2D eigenvalue weighted by Gasteiger charge is 2.15. The molecule has 1 amide bonds. The van der Waals surface area contributed by atoms with E-state index in [0.29, 0.717) is 18.9 Å². The summed E-state index contributed by atoms with van der Waals surface area (Å²) in [5, 5.41) is 6.92. The number of carbonyl (C=O) groups excluding carboxylic acids is 1. The van der Waals surface area contributed by atoms with Crippen LogP contribution in [0, 0.1) is 34.6 Å². The third-order valence-electron chi connectivity index (χ3n) is 5.00. The molecule has 7 nitrogen and oxygen atoms in total. The Labute approximate surface area is 188 Å². The van der Waals surface area contributed by atoms with Crippen LogP contribution in [-0.2, 0) is 14.3 Å². The molecule has 0 radical (unpaired) electrons. The first-order chi connectivity index (χ1) is 15.3. The first kappa shape index (κ1) is 23.5. The lowest BCUT2D eigenvalue weighted by Gasteiger charge is -2.16. The number of hydrogen-bond acceptors (Lipinski definition) is 6. The van der Waals surface area contributed by atoms with E-state index in [1.807, 2.05) is 58.9 Å². The van der Waals surface area contributed by atoms with Crippen molar-refractivity contribution in [2.75, 3.05) is 32.2 Å². The van der Waals surface area contributed by atoms with Crippen LogP contribution >= 0.6 is 0 Å². The number of anilines is 1. The van der Waals surface area contributed by atoms with Crippen LogP contribution in [0.1, 0.15) is 28.1 Å². The number of nitrogens with one attached hydrogen (secondary N) is 1. The second-order valence-corrected chi connectivity index (χ2v) is 7.87. The second-order valence-electron chi connectivity index (χ2n) is 7.87. The van der Waals surface area contributed by atoms with Crippen LogP contribution in [0.2, 0.25) is 0 Å². The van der Waals surface area contributed by atoms with Gasteiger partial charge in [0.15, 0.2) is 0 Å². The Morgan fingerprint density at radius 1 is 1.00 bits per heavy atom. The molecule has 0 bridgehead atoms. The summed E-state index contributed by atoms with van der Waals surface area (Å²) in [6, 6.07) is 9.85. The smallest absolute Gasteiger partial charge is 0.250 e. The molecule has 0 saturated heterocycles. The maximum absolute atomic E-state index is 12.1. The summed E-state index contributed by atoms with van der Waals surface area (Å²) < 4.78 is 21.8. The number of hydrogen-bond donors (Lipinski definition) is 1. The molecule has 0 aliphatic carbocycles. The Hall–Kier alpha value is -3.16. The number of rotatable bonds is 9. The summed E-state index contributed by atoms with van der Waals surface area (Å²) in [6.45, 7) is 10.6. The molecule has 1 aromatic heterocycles. The molecule has 0 unspecified atom stereocenters. The molecule has 0 spiro atoms. The zero-order valence-corrected chi connectivity index (χ0v) is 19.5. The minimum Gasteiger partial charge on any atom is -0.457 e. The van der Waals surface area contributed by atoms with E-state index in [4.69, 9.17) is 18.7 Å². The van der Waals surface area contributed by atoms with Gasteiger partial charge in [-0.05, 0) is 81.1 Å². The predicted octanol–water partition coefficient (Wildman–Crippen LogP) is 5.28. The van der Waals surface area contributed by atoms with E-state index in [0.717, 1.165) is 50.8 Å². The van der Waals surface area contributed by atoms with Gasteiger partial charge in [0.1, 0.15) is 23.9 Å². The Balaban J connectivity index is 1.78. The van der Waals surface area contributed by atoms with Crippen LogP contribution in [0.15, 0.2) is 34.9 Å². The fourth-order valence-electron chi connectivity index (χ4n) is 3.65. The largest absolute Gasteiger partial charge is 0.457 e. The molecule has 170 valence electrons. The number of aryl methyl sites for hydroxylation is 5. The number of benzene rings is 2. The molecule has 1 heterocycles. The highest BCUT2D eigenvalue weighted by molar-refractivity contribution is 5.92. The van der Waals surface area contributed by atoms with E-state index in [2.05, 4.69) is 16.5 Å². The van der Waals surface area contributed by atoms with Crippen LogP contribution in [0.25, 0.3) is 11.1 Å². The molecule has 2 aromatic carbocycles. The Kier molecular flexibility index (Phi) is 7.66. The Bertz CT molecular complexity index is 1060. The number of methoxy groups -OCH3 is 1. The van der Waals surface area contributed by atoms with Gasteiger partial charge in [-0.3, -0.25) is 4.79 Å². The van der Waals surface area contributed by atoms with Crippen LogP contribution in [0.3, 0.4) is 0 Å². The molecule has 7 heteroatoms. The van der Waals surface area contributed by atoms with Gasteiger partial charge in [-0.15, -0.1) is 0 Å². The Morgan fingerprint density at radius 3 is 2.34 bits per heavy atom. The standard InChI is InChI=1S/C25H30N2O5/c1-15-9-20(24-18(4)27-32-19(24)5)13-22(10-15)31-25-16(2)11-21(12-17(25)3)26-23(28)14-30-8-7-29-6/h9-13H,7-8,14H2,1-6H3,(H,26,28). The van der Waals surface area contributed by atoms with E-state index in [1.54, 1.807) is 7.11 Å². The van der Waals surface area contributed by atoms with Crippen molar-refractivity contribution in [1.29, 1.82) is 0 Å². The van der Waals surface area contributed by atoms with Crippen molar-refractivity contribution in [3.63, 3.8) is 0 Å². The van der Waals surface area contributed by atoms with Crippen molar-refractivity contribution in [1.82, 2.24) is 5.16 Å². The normalized spacial score (nSPS) is 10.9. The van der Waals surface area contributed by atoms with Crippen molar-refractivity contribution in [3.05, 3.63) is 58.5 Å². The average molecular weight is 439 g/mol. The number of aromatic nitrogens is 1. The molecular formula is C25H30N2O5. The molecule has 3 rings (SSSR count). The van der Waals surface area contributed by atoms with Gasteiger partial charge in [0.05, 0.1) is 18.9 Å². The highest BCUT2D eigenvalue weighted by atomic mass is 16.5. The zero-order chi connectivity index (χ0) is 23.3. The summed E-state index contributed by atoms with van der Waals surface area (Å²) in [7, 11) is 1.59. The number of nitrogens with zero attached hydrogens (tertiary/aromatic N) is 1.